The van der Waals surface area contributed by atoms with E-state index in [1.807, 2.05) is 6.07 Å². The molecule has 4 rings (SSSR count). The van der Waals surface area contributed by atoms with Crippen LogP contribution in [0.5, 0.6) is 5.75 Å². The van der Waals surface area contributed by atoms with Crippen LogP contribution in [0.3, 0.4) is 0 Å². The van der Waals surface area contributed by atoms with E-state index >= 15 is 0 Å². The standard InChI is InChI=1S/C26H31N3O6S/c1-18(25(31)27-20-9-3-4-10-20)28(17-19-8-7-11-21(16-19)35-2)24(30)14-15-29-26(32)22-12-5-6-13-23(22)36(29,33)34/h5-8,11-13,16,18,20H,3-4,9-10,14-15,17H2,1-2H3,(H,27,31)/t18-/m1/s1. The van der Waals surface area contributed by atoms with Gasteiger partial charge in [-0.25, -0.2) is 12.7 Å². The third kappa shape index (κ3) is 5.23. The van der Waals surface area contributed by atoms with E-state index in [4.69, 9.17) is 4.74 Å². The maximum absolute atomic E-state index is 13.4. The number of amides is 3. The highest BCUT2D eigenvalue weighted by atomic mass is 32.2. The Balaban J connectivity index is 1.51. The van der Waals surface area contributed by atoms with Gasteiger partial charge in [0.1, 0.15) is 16.7 Å². The van der Waals surface area contributed by atoms with Crippen molar-refractivity contribution in [3.05, 3.63) is 59.7 Å². The molecule has 10 heteroatoms. The van der Waals surface area contributed by atoms with Crippen molar-refractivity contribution in [3.8, 4) is 5.75 Å². The van der Waals surface area contributed by atoms with Gasteiger partial charge in [-0.1, -0.05) is 37.1 Å². The van der Waals surface area contributed by atoms with Crippen molar-refractivity contribution in [2.45, 2.75) is 62.6 Å². The Morgan fingerprint density at radius 2 is 1.86 bits per heavy atom. The summed E-state index contributed by atoms with van der Waals surface area (Å²) in [7, 11) is -2.47. The molecule has 0 aromatic heterocycles. The van der Waals surface area contributed by atoms with Crippen molar-refractivity contribution in [3.63, 3.8) is 0 Å². The van der Waals surface area contributed by atoms with E-state index in [0.717, 1.165) is 35.6 Å². The second kappa shape index (κ2) is 10.7. The van der Waals surface area contributed by atoms with E-state index in [1.54, 1.807) is 44.4 Å². The molecule has 1 heterocycles. The van der Waals surface area contributed by atoms with Crippen molar-refractivity contribution in [2.75, 3.05) is 13.7 Å². The highest BCUT2D eigenvalue weighted by Crippen LogP contribution is 2.30. The molecule has 3 amide bonds. The Kier molecular flexibility index (Phi) is 7.63. The molecule has 36 heavy (non-hydrogen) atoms. The molecule has 2 aliphatic rings. The van der Waals surface area contributed by atoms with Crippen LogP contribution >= 0.6 is 0 Å². The van der Waals surface area contributed by atoms with Crippen LogP contribution in [0, 0.1) is 0 Å². The number of nitrogens with one attached hydrogen (secondary N) is 1. The summed E-state index contributed by atoms with van der Waals surface area (Å²) in [6, 6.07) is 12.5. The number of ether oxygens (including phenoxy) is 1. The van der Waals surface area contributed by atoms with Crippen LogP contribution in [0.4, 0.5) is 0 Å². The van der Waals surface area contributed by atoms with E-state index in [2.05, 4.69) is 5.32 Å². The number of benzene rings is 2. The number of carbonyl (C=O) groups excluding carboxylic acids is 3. The van der Waals surface area contributed by atoms with Crippen molar-refractivity contribution >= 4 is 27.7 Å². The Morgan fingerprint density at radius 3 is 2.56 bits per heavy atom. The van der Waals surface area contributed by atoms with Crippen molar-refractivity contribution in [1.29, 1.82) is 0 Å². The molecule has 0 radical (unpaired) electrons. The fraction of sp³-hybridized carbons (Fsp3) is 0.423. The number of hydrogen-bond acceptors (Lipinski definition) is 6. The van der Waals surface area contributed by atoms with Crippen molar-refractivity contribution in [2.24, 2.45) is 0 Å². The quantitative estimate of drug-likeness (QED) is 0.552. The molecule has 1 N–H and O–H groups in total. The molecule has 0 spiro atoms. The lowest BCUT2D eigenvalue weighted by atomic mass is 10.1. The first kappa shape index (κ1) is 25.7. The minimum atomic E-state index is -4.02. The van der Waals surface area contributed by atoms with Crippen molar-refractivity contribution < 1.29 is 27.5 Å². The molecule has 1 fully saturated rings. The molecule has 9 nitrogen and oxygen atoms in total. The summed E-state index contributed by atoms with van der Waals surface area (Å²) in [4.78, 5) is 40.6. The Morgan fingerprint density at radius 1 is 1.14 bits per heavy atom. The van der Waals surface area contributed by atoms with Gasteiger partial charge in [0.15, 0.2) is 0 Å². The molecule has 0 unspecified atom stereocenters. The number of methoxy groups -OCH3 is 1. The highest BCUT2D eigenvalue weighted by Gasteiger charge is 2.41. The Hall–Kier alpha value is -3.40. The minimum absolute atomic E-state index is 0.0556. The maximum atomic E-state index is 13.4. The number of sulfonamides is 1. The Bertz CT molecular complexity index is 1260. The summed E-state index contributed by atoms with van der Waals surface area (Å²) in [5, 5.41) is 3.03. The number of fused-ring (bicyclic) bond motifs is 1. The van der Waals surface area contributed by atoms with Gasteiger partial charge in [0.2, 0.25) is 11.8 Å². The van der Waals surface area contributed by atoms with Gasteiger partial charge in [0.25, 0.3) is 15.9 Å². The third-order valence-corrected chi connectivity index (χ3v) is 8.64. The lowest BCUT2D eigenvalue weighted by molar-refractivity contribution is -0.140. The van der Waals surface area contributed by atoms with E-state index in [0.29, 0.717) is 5.75 Å². The van der Waals surface area contributed by atoms with Crippen LogP contribution in [0.2, 0.25) is 0 Å². The number of nitrogens with zero attached hydrogens (tertiary/aromatic N) is 2. The van der Waals surface area contributed by atoms with Crippen LogP contribution in [0.1, 0.15) is 54.9 Å². The predicted octanol–water partition coefficient (Wildman–Crippen LogP) is 2.71. The maximum Gasteiger partial charge on any atom is 0.269 e. The smallest absolute Gasteiger partial charge is 0.269 e. The number of rotatable bonds is 9. The monoisotopic (exact) mass is 513 g/mol. The average Bonchev–Trinajstić information content (AvgIpc) is 3.45. The van der Waals surface area contributed by atoms with Crippen molar-refractivity contribution in [1.82, 2.24) is 14.5 Å². The largest absolute Gasteiger partial charge is 0.497 e. The highest BCUT2D eigenvalue weighted by molar-refractivity contribution is 7.90. The number of hydrogen-bond donors (Lipinski definition) is 1. The van der Waals surface area contributed by atoms with Gasteiger partial charge >= 0.3 is 0 Å². The molecule has 2 aromatic rings. The number of carbonyl (C=O) groups is 3. The molecule has 1 aliphatic heterocycles. The average molecular weight is 514 g/mol. The summed E-state index contributed by atoms with van der Waals surface area (Å²) in [5.41, 5.74) is 0.864. The van der Waals surface area contributed by atoms with E-state index in [1.165, 1.54) is 17.0 Å². The molecule has 2 aromatic carbocycles. The molecule has 0 saturated heterocycles. The second-order valence-electron chi connectivity index (χ2n) is 9.17. The van der Waals surface area contributed by atoms with Crippen LogP contribution in [-0.2, 0) is 26.2 Å². The summed E-state index contributed by atoms with van der Waals surface area (Å²) >= 11 is 0. The SMILES string of the molecule is COc1cccc(CN(C(=O)CCN2C(=O)c3ccccc3S2(=O)=O)[C@H](C)C(=O)NC2CCCC2)c1. The Labute approximate surface area is 211 Å². The first-order valence-corrected chi connectivity index (χ1v) is 13.5. The van der Waals surface area contributed by atoms with Gasteiger partial charge in [-0.15, -0.1) is 0 Å². The second-order valence-corrected chi connectivity index (χ2v) is 11.0. The van der Waals surface area contributed by atoms with Gasteiger partial charge in [-0.05, 0) is 49.6 Å². The molecule has 1 aliphatic carbocycles. The summed E-state index contributed by atoms with van der Waals surface area (Å²) in [5.74, 6) is -0.708. The molecule has 192 valence electrons. The topological polar surface area (TPSA) is 113 Å². The lowest BCUT2D eigenvalue weighted by Gasteiger charge is -2.30. The first-order valence-electron chi connectivity index (χ1n) is 12.1. The zero-order valence-corrected chi connectivity index (χ0v) is 21.3. The van der Waals surface area contributed by atoms with E-state index in [-0.39, 0.29) is 41.9 Å². The molecule has 0 bridgehead atoms. The third-order valence-electron chi connectivity index (χ3n) is 6.80. The molecular weight excluding hydrogens is 482 g/mol. The summed E-state index contributed by atoms with van der Waals surface area (Å²) < 4.78 is 31.8. The van der Waals surface area contributed by atoms with Crippen LogP contribution in [0.25, 0.3) is 0 Å². The van der Waals surface area contributed by atoms with Gasteiger partial charge in [-0.2, -0.15) is 0 Å². The van der Waals surface area contributed by atoms with E-state index in [9.17, 15) is 22.8 Å². The predicted molar refractivity (Wildman–Crippen MR) is 133 cm³/mol. The normalized spacial score (nSPS) is 17.5. The zero-order chi connectivity index (χ0) is 25.9. The lowest BCUT2D eigenvalue weighted by Crippen LogP contribution is -2.50. The van der Waals surface area contributed by atoms with Gasteiger partial charge in [-0.3, -0.25) is 14.4 Å². The fourth-order valence-corrected chi connectivity index (χ4v) is 6.30. The molecule has 1 saturated carbocycles. The van der Waals surface area contributed by atoms with Crippen LogP contribution in [0.15, 0.2) is 53.4 Å². The van der Waals surface area contributed by atoms with Gasteiger partial charge in [0, 0.05) is 25.6 Å². The van der Waals surface area contributed by atoms with Gasteiger partial charge in [0.05, 0.1) is 12.7 Å². The summed E-state index contributed by atoms with van der Waals surface area (Å²) in [6.45, 7) is 1.49. The summed E-state index contributed by atoms with van der Waals surface area (Å²) in [6.07, 6.45) is 3.71. The molecular formula is C26H31N3O6S. The first-order chi connectivity index (χ1) is 17.2. The zero-order valence-electron chi connectivity index (χ0n) is 20.5. The molecule has 1 atom stereocenters. The van der Waals surface area contributed by atoms with Gasteiger partial charge < -0.3 is 15.0 Å². The minimum Gasteiger partial charge on any atom is -0.497 e. The fourth-order valence-electron chi connectivity index (χ4n) is 4.74. The van der Waals surface area contributed by atoms with E-state index < -0.39 is 27.9 Å². The van der Waals surface area contributed by atoms with Crippen LogP contribution < -0.4 is 10.1 Å². The van der Waals surface area contributed by atoms with Crippen LogP contribution in [-0.4, -0.2) is 61.1 Å².